The molecule has 3 aromatic carbocycles. The highest BCUT2D eigenvalue weighted by Gasteiger charge is 2.16. The zero-order valence-electron chi connectivity index (χ0n) is 14.8. The van der Waals surface area contributed by atoms with Crippen LogP contribution in [0, 0.1) is 0 Å². The van der Waals surface area contributed by atoms with Gasteiger partial charge in [0, 0.05) is 23.0 Å². The van der Waals surface area contributed by atoms with Gasteiger partial charge in [0.05, 0.1) is 23.9 Å². The predicted octanol–water partition coefficient (Wildman–Crippen LogP) is 5.43. The fourth-order valence-electron chi connectivity index (χ4n) is 2.90. The fourth-order valence-corrected chi connectivity index (χ4v) is 3.48. The van der Waals surface area contributed by atoms with Gasteiger partial charge in [-0.2, -0.15) is 0 Å². The fraction of sp³-hybridized carbons (Fsp3) is 0.190. The van der Waals surface area contributed by atoms with Gasteiger partial charge in [0.15, 0.2) is 18.1 Å². The lowest BCUT2D eigenvalue weighted by atomic mass is 10.1. The van der Waals surface area contributed by atoms with Crippen LogP contribution in [0.25, 0.3) is 10.8 Å². The average Bonchev–Trinajstić information content (AvgIpc) is 2.91. The van der Waals surface area contributed by atoms with E-state index < -0.39 is 0 Å². The molecule has 0 saturated carbocycles. The molecule has 0 aromatic heterocycles. The van der Waals surface area contributed by atoms with E-state index in [2.05, 4.69) is 21.2 Å². The molecule has 0 fully saturated rings. The molecule has 0 spiro atoms. The molecule has 1 heterocycles. The zero-order valence-corrected chi connectivity index (χ0v) is 17.2. The van der Waals surface area contributed by atoms with Crippen LogP contribution in [0.1, 0.15) is 6.42 Å². The Labute approximate surface area is 175 Å². The minimum Gasteiger partial charge on any atom is -0.490 e. The van der Waals surface area contributed by atoms with Gasteiger partial charge >= 0.3 is 0 Å². The van der Waals surface area contributed by atoms with Crippen LogP contribution in [-0.2, 0) is 4.79 Å². The maximum Gasteiger partial charge on any atom is 0.262 e. The molecule has 1 aliphatic rings. The lowest BCUT2D eigenvalue weighted by molar-refractivity contribution is -0.118. The Balaban J connectivity index is 1.42. The molecule has 0 atom stereocenters. The quantitative estimate of drug-likeness (QED) is 0.561. The number of carbonyl (C=O) groups excluding carboxylic acids is 1. The summed E-state index contributed by atoms with van der Waals surface area (Å²) in [5.41, 5.74) is 0.461. The van der Waals surface area contributed by atoms with Crippen molar-refractivity contribution in [1.82, 2.24) is 0 Å². The molecule has 5 nitrogen and oxygen atoms in total. The van der Waals surface area contributed by atoms with Crippen LogP contribution in [0.3, 0.4) is 0 Å². The van der Waals surface area contributed by atoms with Crippen LogP contribution in [0.5, 0.6) is 17.2 Å². The van der Waals surface area contributed by atoms with Gasteiger partial charge in [-0.25, -0.2) is 0 Å². The first-order valence-corrected chi connectivity index (χ1v) is 9.97. The topological polar surface area (TPSA) is 56.8 Å². The maximum atomic E-state index is 12.3. The molecule has 7 heteroatoms. The van der Waals surface area contributed by atoms with E-state index in [1.54, 1.807) is 12.1 Å². The summed E-state index contributed by atoms with van der Waals surface area (Å²) in [6.45, 7) is 1.00. The van der Waals surface area contributed by atoms with E-state index in [-0.39, 0.29) is 12.5 Å². The first-order chi connectivity index (χ1) is 13.6. The average molecular weight is 463 g/mol. The number of rotatable bonds is 4. The highest BCUT2D eigenvalue weighted by atomic mass is 79.9. The van der Waals surface area contributed by atoms with Crippen LogP contribution >= 0.6 is 27.5 Å². The van der Waals surface area contributed by atoms with E-state index in [9.17, 15) is 4.79 Å². The molecule has 144 valence electrons. The minimum absolute atomic E-state index is 0.132. The highest BCUT2D eigenvalue weighted by Crippen LogP contribution is 2.37. The van der Waals surface area contributed by atoms with Crippen molar-refractivity contribution in [3.63, 3.8) is 0 Å². The summed E-state index contributed by atoms with van der Waals surface area (Å²) in [7, 11) is 0. The second-order valence-corrected chi connectivity index (χ2v) is 7.64. The largest absolute Gasteiger partial charge is 0.490 e. The van der Waals surface area contributed by atoms with Gasteiger partial charge in [-0.3, -0.25) is 4.79 Å². The Morgan fingerprint density at radius 3 is 2.57 bits per heavy atom. The van der Waals surface area contributed by atoms with E-state index in [1.165, 1.54) is 0 Å². The molecule has 4 rings (SSSR count). The Morgan fingerprint density at radius 1 is 1.04 bits per heavy atom. The molecule has 1 aliphatic heterocycles. The number of hydrogen-bond donors (Lipinski definition) is 1. The van der Waals surface area contributed by atoms with Gasteiger partial charge in [-0.15, -0.1) is 0 Å². The number of ether oxygens (including phenoxy) is 3. The normalized spacial score (nSPS) is 13.1. The number of benzene rings is 3. The van der Waals surface area contributed by atoms with Crippen molar-refractivity contribution in [1.29, 1.82) is 0 Å². The summed E-state index contributed by atoms with van der Waals surface area (Å²) in [5, 5.41) is 5.26. The summed E-state index contributed by atoms with van der Waals surface area (Å²) in [4.78, 5) is 12.3. The van der Waals surface area contributed by atoms with Crippen molar-refractivity contribution in [2.24, 2.45) is 0 Å². The summed E-state index contributed by atoms with van der Waals surface area (Å²) in [6, 6.07) is 15.0. The molecular weight excluding hydrogens is 446 g/mol. The van der Waals surface area contributed by atoms with Gasteiger partial charge in [-0.05, 0) is 35.0 Å². The first kappa shape index (κ1) is 18.9. The van der Waals surface area contributed by atoms with Crippen molar-refractivity contribution in [3.8, 4) is 17.2 Å². The lowest BCUT2D eigenvalue weighted by Gasteiger charge is -2.13. The minimum atomic E-state index is -0.313. The SMILES string of the molecule is O=C(COc1ccc2cc(Br)ccc2c1)Nc1cc2c(cc1Cl)OCCCO2. The molecule has 0 saturated heterocycles. The molecule has 28 heavy (non-hydrogen) atoms. The van der Waals surface area contributed by atoms with Crippen LogP contribution in [0.15, 0.2) is 53.0 Å². The number of fused-ring (bicyclic) bond motifs is 2. The van der Waals surface area contributed by atoms with Crippen molar-refractivity contribution in [2.45, 2.75) is 6.42 Å². The number of amides is 1. The monoisotopic (exact) mass is 461 g/mol. The summed E-state index contributed by atoms with van der Waals surface area (Å²) in [5.74, 6) is 1.46. The highest BCUT2D eigenvalue weighted by molar-refractivity contribution is 9.10. The van der Waals surface area contributed by atoms with Crippen molar-refractivity contribution < 1.29 is 19.0 Å². The van der Waals surface area contributed by atoms with Gasteiger partial charge in [-0.1, -0.05) is 39.7 Å². The molecule has 0 aliphatic carbocycles. The smallest absolute Gasteiger partial charge is 0.262 e. The second-order valence-electron chi connectivity index (χ2n) is 6.32. The van der Waals surface area contributed by atoms with Gasteiger partial charge in [0.25, 0.3) is 5.91 Å². The zero-order chi connectivity index (χ0) is 19.5. The Kier molecular flexibility index (Phi) is 5.59. The van der Waals surface area contributed by atoms with Crippen LogP contribution in [0.2, 0.25) is 5.02 Å². The Hall–Kier alpha value is -2.44. The molecule has 1 amide bonds. The molecular formula is C21H17BrClNO4. The number of halogens is 2. The maximum absolute atomic E-state index is 12.3. The third kappa shape index (κ3) is 4.34. The first-order valence-electron chi connectivity index (χ1n) is 8.79. The Morgan fingerprint density at radius 2 is 1.75 bits per heavy atom. The molecule has 0 radical (unpaired) electrons. The molecule has 0 bridgehead atoms. The van der Waals surface area contributed by atoms with E-state index in [1.807, 2.05) is 36.4 Å². The number of hydrogen-bond acceptors (Lipinski definition) is 4. The number of anilines is 1. The van der Waals surface area contributed by atoms with Crippen molar-refractivity contribution >= 4 is 49.9 Å². The van der Waals surface area contributed by atoms with Crippen LogP contribution in [0.4, 0.5) is 5.69 Å². The second kappa shape index (κ2) is 8.29. The van der Waals surface area contributed by atoms with Crippen LogP contribution in [-0.4, -0.2) is 25.7 Å². The summed E-state index contributed by atoms with van der Waals surface area (Å²) >= 11 is 9.71. The lowest BCUT2D eigenvalue weighted by Crippen LogP contribution is -2.20. The van der Waals surface area contributed by atoms with Gasteiger partial charge in [0.2, 0.25) is 0 Å². The van der Waals surface area contributed by atoms with E-state index in [0.717, 1.165) is 21.7 Å². The van der Waals surface area contributed by atoms with E-state index >= 15 is 0 Å². The van der Waals surface area contributed by atoms with Crippen LogP contribution < -0.4 is 19.5 Å². The number of carbonyl (C=O) groups is 1. The number of nitrogens with one attached hydrogen (secondary N) is 1. The third-order valence-electron chi connectivity index (χ3n) is 4.25. The standard InChI is InChI=1S/C21H17BrClNO4/c22-15-4-2-14-9-16(5-3-13(14)8-15)28-12-21(25)24-18-11-20-19(10-17(18)23)26-6-1-7-27-20/h2-5,8-11H,1,6-7,12H2,(H,24,25). The van der Waals surface area contributed by atoms with E-state index in [4.69, 9.17) is 25.8 Å². The summed E-state index contributed by atoms with van der Waals surface area (Å²) < 4.78 is 17.9. The molecule has 0 unspecified atom stereocenters. The van der Waals surface area contributed by atoms with Crippen molar-refractivity contribution in [2.75, 3.05) is 25.1 Å². The predicted molar refractivity (Wildman–Crippen MR) is 113 cm³/mol. The molecule has 1 N–H and O–H groups in total. The van der Waals surface area contributed by atoms with E-state index in [0.29, 0.717) is 41.2 Å². The summed E-state index contributed by atoms with van der Waals surface area (Å²) in [6.07, 6.45) is 0.796. The van der Waals surface area contributed by atoms with Gasteiger partial charge < -0.3 is 19.5 Å². The van der Waals surface area contributed by atoms with Gasteiger partial charge in [0.1, 0.15) is 5.75 Å². The van der Waals surface area contributed by atoms with Crippen molar-refractivity contribution in [3.05, 3.63) is 58.0 Å². The third-order valence-corrected chi connectivity index (χ3v) is 5.06. The molecule has 3 aromatic rings. The Bertz CT molecular complexity index is 1040.